The zero-order chi connectivity index (χ0) is 13.3. The third kappa shape index (κ3) is 2.39. The van der Waals surface area contributed by atoms with Gasteiger partial charge in [-0.05, 0) is 11.6 Å². The quantitative estimate of drug-likeness (QED) is 0.466. The van der Waals surface area contributed by atoms with E-state index < -0.39 is 11.9 Å². The van der Waals surface area contributed by atoms with Crippen molar-refractivity contribution in [1.82, 2.24) is 9.97 Å². The molecule has 1 aromatic rings. The van der Waals surface area contributed by atoms with Crippen LogP contribution in [0.5, 0.6) is 0 Å². The average Bonchev–Trinajstić information content (AvgIpc) is 2.70. The van der Waals surface area contributed by atoms with Crippen LogP contribution in [0.4, 0.5) is 5.69 Å². The number of hydrogen-bond donors (Lipinski definition) is 0. The van der Waals surface area contributed by atoms with Gasteiger partial charge in [0.15, 0.2) is 5.15 Å². The second-order valence-electron chi connectivity index (χ2n) is 3.74. The molecule has 18 heavy (non-hydrogen) atoms. The van der Waals surface area contributed by atoms with Crippen LogP contribution in [0.25, 0.3) is 0 Å². The van der Waals surface area contributed by atoms with E-state index in [2.05, 4.69) is 14.7 Å². The highest BCUT2D eigenvalue weighted by atomic mass is 35.5. The number of aromatic nitrogens is 2. The Kier molecular flexibility index (Phi) is 3.68. The normalized spacial score (nSPS) is 19.2. The van der Waals surface area contributed by atoms with Crippen LogP contribution in [0.3, 0.4) is 0 Å². The Labute approximate surface area is 113 Å². The van der Waals surface area contributed by atoms with Gasteiger partial charge in [0.05, 0.1) is 19.2 Å². The molecule has 8 heteroatoms. The SMILES string of the molecule is COC(=O)C1CC(=O)N(c2cnc(Cl)nc2Cl)C1. The standard InChI is InChI=1S/C10H9Cl2N3O3/c1-18-9(17)5-2-7(16)15(4-5)6-3-13-10(12)14-8(6)11/h3,5H,2,4H2,1H3. The van der Waals surface area contributed by atoms with Gasteiger partial charge in [-0.2, -0.15) is 0 Å². The van der Waals surface area contributed by atoms with E-state index in [9.17, 15) is 9.59 Å². The number of halogens is 2. The molecule has 0 saturated carbocycles. The van der Waals surface area contributed by atoms with E-state index >= 15 is 0 Å². The number of rotatable bonds is 2. The highest BCUT2D eigenvalue weighted by molar-refractivity contribution is 6.34. The molecule has 1 unspecified atom stereocenters. The predicted octanol–water partition coefficient (Wildman–Crippen LogP) is 1.31. The molecule has 1 fully saturated rings. The molecule has 1 amide bonds. The lowest BCUT2D eigenvalue weighted by Gasteiger charge is -2.16. The lowest BCUT2D eigenvalue weighted by molar-refractivity contribution is -0.145. The fourth-order valence-corrected chi connectivity index (χ4v) is 2.19. The minimum Gasteiger partial charge on any atom is -0.469 e. The molecule has 1 aromatic heterocycles. The van der Waals surface area contributed by atoms with E-state index in [-0.39, 0.29) is 29.3 Å². The highest BCUT2D eigenvalue weighted by Gasteiger charge is 2.37. The molecule has 2 heterocycles. The van der Waals surface area contributed by atoms with Gasteiger partial charge >= 0.3 is 5.97 Å². The van der Waals surface area contributed by atoms with Crippen molar-refractivity contribution in [2.24, 2.45) is 5.92 Å². The summed E-state index contributed by atoms with van der Waals surface area (Å²) in [6.45, 7) is 0.205. The molecular formula is C10H9Cl2N3O3. The van der Waals surface area contributed by atoms with Crippen LogP contribution >= 0.6 is 23.2 Å². The summed E-state index contributed by atoms with van der Waals surface area (Å²) in [5, 5.41) is 0.0776. The van der Waals surface area contributed by atoms with Gasteiger partial charge in [-0.3, -0.25) is 9.59 Å². The zero-order valence-corrected chi connectivity index (χ0v) is 10.9. The number of ether oxygens (including phenoxy) is 1. The van der Waals surface area contributed by atoms with Gasteiger partial charge in [-0.15, -0.1) is 0 Å². The molecule has 0 radical (unpaired) electrons. The number of methoxy groups -OCH3 is 1. The monoisotopic (exact) mass is 289 g/mol. The Morgan fingerprint density at radius 1 is 1.56 bits per heavy atom. The van der Waals surface area contributed by atoms with Crippen molar-refractivity contribution in [2.45, 2.75) is 6.42 Å². The van der Waals surface area contributed by atoms with Gasteiger partial charge in [0.25, 0.3) is 0 Å². The van der Waals surface area contributed by atoms with Crippen molar-refractivity contribution in [3.8, 4) is 0 Å². The molecule has 0 aromatic carbocycles. The van der Waals surface area contributed by atoms with Crippen molar-refractivity contribution in [3.05, 3.63) is 16.6 Å². The van der Waals surface area contributed by atoms with Crippen LogP contribution < -0.4 is 4.90 Å². The summed E-state index contributed by atoms with van der Waals surface area (Å²) >= 11 is 11.5. The van der Waals surface area contributed by atoms with Gasteiger partial charge in [-0.25, -0.2) is 9.97 Å². The fourth-order valence-electron chi connectivity index (χ4n) is 1.78. The molecule has 0 aliphatic carbocycles. The molecule has 1 aliphatic rings. The third-order valence-corrected chi connectivity index (χ3v) is 3.11. The lowest BCUT2D eigenvalue weighted by atomic mass is 10.1. The summed E-state index contributed by atoms with van der Waals surface area (Å²) in [5.41, 5.74) is 0.345. The smallest absolute Gasteiger partial charge is 0.311 e. The number of nitrogens with zero attached hydrogens (tertiary/aromatic N) is 3. The van der Waals surface area contributed by atoms with E-state index in [0.717, 1.165) is 0 Å². The first kappa shape index (κ1) is 13.0. The molecule has 1 atom stereocenters. The summed E-state index contributed by atoms with van der Waals surface area (Å²) in [4.78, 5) is 32.1. The van der Waals surface area contributed by atoms with E-state index in [1.54, 1.807) is 0 Å². The number of anilines is 1. The van der Waals surface area contributed by atoms with E-state index in [4.69, 9.17) is 23.2 Å². The van der Waals surface area contributed by atoms with Crippen LogP contribution in [0, 0.1) is 5.92 Å². The Morgan fingerprint density at radius 2 is 2.28 bits per heavy atom. The maximum Gasteiger partial charge on any atom is 0.311 e. The van der Waals surface area contributed by atoms with E-state index in [1.807, 2.05) is 0 Å². The number of esters is 1. The summed E-state index contributed by atoms with van der Waals surface area (Å²) in [5.74, 6) is -1.13. The molecule has 1 saturated heterocycles. The van der Waals surface area contributed by atoms with Crippen molar-refractivity contribution in [3.63, 3.8) is 0 Å². The summed E-state index contributed by atoms with van der Waals surface area (Å²) < 4.78 is 4.61. The Balaban J connectivity index is 2.24. The topological polar surface area (TPSA) is 72.4 Å². The van der Waals surface area contributed by atoms with Gasteiger partial charge in [0.2, 0.25) is 11.2 Å². The van der Waals surface area contributed by atoms with Crippen molar-refractivity contribution in [2.75, 3.05) is 18.6 Å². The Morgan fingerprint density at radius 3 is 2.89 bits per heavy atom. The van der Waals surface area contributed by atoms with Crippen LogP contribution in [0.15, 0.2) is 6.20 Å². The molecule has 0 bridgehead atoms. The summed E-state index contributed by atoms with van der Waals surface area (Å²) in [6.07, 6.45) is 1.45. The maximum absolute atomic E-state index is 11.8. The van der Waals surface area contributed by atoms with Crippen LogP contribution in [-0.2, 0) is 14.3 Å². The number of carbonyl (C=O) groups excluding carboxylic acids is 2. The van der Waals surface area contributed by atoms with Crippen molar-refractivity contribution in [1.29, 1.82) is 0 Å². The minimum atomic E-state index is -0.491. The first-order valence-corrected chi connectivity index (χ1v) is 5.84. The van der Waals surface area contributed by atoms with E-state index in [1.165, 1.54) is 18.2 Å². The van der Waals surface area contributed by atoms with Gasteiger partial charge in [-0.1, -0.05) is 11.6 Å². The van der Waals surface area contributed by atoms with Crippen molar-refractivity contribution < 1.29 is 14.3 Å². The van der Waals surface area contributed by atoms with Crippen LogP contribution in [0.2, 0.25) is 10.4 Å². The minimum absolute atomic E-state index is 0.0000798. The largest absolute Gasteiger partial charge is 0.469 e. The van der Waals surface area contributed by atoms with Crippen LogP contribution in [-0.4, -0.2) is 35.5 Å². The summed E-state index contributed by atoms with van der Waals surface area (Å²) in [7, 11) is 1.29. The fraction of sp³-hybridized carbons (Fsp3) is 0.400. The first-order valence-electron chi connectivity index (χ1n) is 5.09. The molecule has 6 nitrogen and oxygen atoms in total. The van der Waals surface area contributed by atoms with Crippen LogP contribution in [0.1, 0.15) is 6.42 Å². The highest BCUT2D eigenvalue weighted by Crippen LogP contribution is 2.30. The Hall–Kier alpha value is -1.40. The third-order valence-electron chi connectivity index (χ3n) is 2.65. The Bertz CT molecular complexity index is 509. The molecule has 1 aliphatic heterocycles. The van der Waals surface area contributed by atoms with Crippen molar-refractivity contribution >= 4 is 40.8 Å². The number of carbonyl (C=O) groups is 2. The molecule has 0 spiro atoms. The molecular weight excluding hydrogens is 281 g/mol. The first-order chi connectivity index (χ1) is 8.52. The lowest BCUT2D eigenvalue weighted by Crippen LogP contribution is -2.26. The molecule has 96 valence electrons. The zero-order valence-electron chi connectivity index (χ0n) is 9.39. The van der Waals surface area contributed by atoms with E-state index in [0.29, 0.717) is 5.69 Å². The maximum atomic E-state index is 11.8. The number of hydrogen-bond acceptors (Lipinski definition) is 5. The predicted molar refractivity (Wildman–Crippen MR) is 64.5 cm³/mol. The van der Waals surface area contributed by atoms with Gasteiger partial charge in [0.1, 0.15) is 5.69 Å². The van der Waals surface area contributed by atoms with Gasteiger partial charge < -0.3 is 9.64 Å². The van der Waals surface area contributed by atoms with Gasteiger partial charge in [0, 0.05) is 13.0 Å². The second kappa shape index (κ2) is 5.07. The molecule has 2 rings (SSSR count). The second-order valence-corrected chi connectivity index (χ2v) is 4.44. The average molecular weight is 290 g/mol. The molecule has 0 N–H and O–H groups in total. The summed E-state index contributed by atoms with van der Waals surface area (Å²) in [6, 6.07) is 0. The number of amides is 1.